The maximum atomic E-state index is 13.3. The fourth-order valence-corrected chi connectivity index (χ4v) is 2.46. The minimum Gasteiger partial charge on any atom is -0.410 e. The Balaban J connectivity index is 1.99. The first-order valence-electron chi connectivity index (χ1n) is 6.47. The van der Waals surface area contributed by atoms with Crippen LogP contribution in [-0.4, -0.2) is 22.0 Å². The van der Waals surface area contributed by atoms with E-state index < -0.39 is 11.7 Å². The van der Waals surface area contributed by atoms with Crippen LogP contribution in [-0.2, 0) is 11.3 Å². The minimum atomic E-state index is -0.513. The van der Waals surface area contributed by atoms with Gasteiger partial charge in [-0.25, -0.2) is 4.39 Å². The molecule has 3 rings (SSSR count). The lowest BCUT2D eigenvalue weighted by Crippen LogP contribution is -2.29. The fraction of sp³-hybridized carbons (Fsp3) is 0.0667. The van der Waals surface area contributed by atoms with E-state index in [0.29, 0.717) is 11.4 Å². The quantitative estimate of drug-likeness (QED) is 0.600. The summed E-state index contributed by atoms with van der Waals surface area (Å²) in [5, 5.41) is 20.9. The number of hydrogen-bond donors (Lipinski definition) is 3. The van der Waals surface area contributed by atoms with Gasteiger partial charge in [-0.3, -0.25) is 15.5 Å². The highest BCUT2D eigenvalue weighted by molar-refractivity contribution is 6.54. The van der Waals surface area contributed by atoms with Crippen molar-refractivity contribution in [3.8, 4) is 0 Å². The van der Waals surface area contributed by atoms with E-state index in [9.17, 15) is 9.18 Å². The van der Waals surface area contributed by atoms with Crippen molar-refractivity contribution in [2.45, 2.75) is 6.54 Å². The highest BCUT2D eigenvalue weighted by atomic mass is 19.1. The summed E-state index contributed by atoms with van der Waals surface area (Å²) in [5.74, 6) is -1.02. The van der Waals surface area contributed by atoms with E-state index in [2.05, 4.69) is 5.16 Å². The normalized spacial score (nSPS) is 15.3. The standard InChI is InChI=1S/C15H12FN3O3/c16-10-4-5-13-12(7-10)14(18-22)15(20)19(13)8-9-2-1-3-11(6-9)17-21/h1-7,17,21-22H,8H2/b18-14-. The van der Waals surface area contributed by atoms with Crippen LogP contribution in [0.15, 0.2) is 47.6 Å². The third-order valence-corrected chi connectivity index (χ3v) is 3.45. The molecule has 112 valence electrons. The van der Waals surface area contributed by atoms with Gasteiger partial charge < -0.3 is 10.1 Å². The number of benzene rings is 2. The molecule has 1 aliphatic heterocycles. The van der Waals surface area contributed by atoms with Crippen molar-refractivity contribution in [1.82, 2.24) is 0 Å². The number of oxime groups is 1. The number of anilines is 2. The van der Waals surface area contributed by atoms with Gasteiger partial charge in [0.25, 0.3) is 5.91 Å². The van der Waals surface area contributed by atoms with E-state index in [1.165, 1.54) is 17.0 Å². The molecule has 0 aromatic heterocycles. The van der Waals surface area contributed by atoms with Gasteiger partial charge in [0.1, 0.15) is 5.82 Å². The molecule has 0 atom stereocenters. The Morgan fingerprint density at radius 2 is 2.05 bits per heavy atom. The van der Waals surface area contributed by atoms with Crippen LogP contribution in [0.4, 0.5) is 15.8 Å². The molecule has 2 aromatic carbocycles. The van der Waals surface area contributed by atoms with Crippen molar-refractivity contribution in [3.05, 3.63) is 59.4 Å². The number of amides is 1. The van der Waals surface area contributed by atoms with E-state index >= 15 is 0 Å². The third-order valence-electron chi connectivity index (χ3n) is 3.45. The van der Waals surface area contributed by atoms with Crippen molar-refractivity contribution in [2.75, 3.05) is 10.4 Å². The summed E-state index contributed by atoms with van der Waals surface area (Å²) in [6, 6.07) is 10.7. The van der Waals surface area contributed by atoms with E-state index in [0.717, 1.165) is 11.6 Å². The van der Waals surface area contributed by atoms with Crippen molar-refractivity contribution < 1.29 is 19.6 Å². The Kier molecular flexibility index (Phi) is 3.48. The number of halogens is 1. The van der Waals surface area contributed by atoms with Gasteiger partial charge in [-0.05, 0) is 35.9 Å². The molecule has 0 aliphatic carbocycles. The van der Waals surface area contributed by atoms with Gasteiger partial charge in [-0.1, -0.05) is 17.3 Å². The lowest BCUT2D eigenvalue weighted by atomic mass is 10.1. The van der Waals surface area contributed by atoms with Crippen LogP contribution in [0.25, 0.3) is 0 Å². The van der Waals surface area contributed by atoms with Crippen molar-refractivity contribution in [2.24, 2.45) is 5.16 Å². The Labute approximate surface area is 125 Å². The zero-order valence-electron chi connectivity index (χ0n) is 11.3. The molecule has 0 fully saturated rings. The summed E-state index contributed by atoms with van der Waals surface area (Å²) in [5.41, 5.74) is 3.81. The van der Waals surface area contributed by atoms with E-state index in [1.54, 1.807) is 24.3 Å². The highest BCUT2D eigenvalue weighted by Gasteiger charge is 2.34. The summed E-state index contributed by atoms with van der Waals surface area (Å²) in [6.07, 6.45) is 0. The lowest BCUT2D eigenvalue weighted by molar-refractivity contribution is -0.112. The molecule has 2 aromatic rings. The summed E-state index contributed by atoms with van der Waals surface area (Å²) >= 11 is 0. The van der Waals surface area contributed by atoms with Gasteiger partial charge in [-0.2, -0.15) is 0 Å². The van der Waals surface area contributed by atoms with Crippen LogP contribution in [0.2, 0.25) is 0 Å². The zero-order chi connectivity index (χ0) is 15.7. The molecule has 0 saturated carbocycles. The molecular formula is C15H12FN3O3. The zero-order valence-corrected chi connectivity index (χ0v) is 11.3. The maximum Gasteiger partial charge on any atom is 0.281 e. The third kappa shape index (κ3) is 2.27. The van der Waals surface area contributed by atoms with Gasteiger partial charge >= 0.3 is 0 Å². The predicted octanol–water partition coefficient (Wildman–Crippen LogP) is 2.35. The Morgan fingerprint density at radius 3 is 2.77 bits per heavy atom. The van der Waals surface area contributed by atoms with Crippen molar-refractivity contribution >= 4 is 23.0 Å². The number of carbonyl (C=O) groups excluding carboxylic acids is 1. The fourth-order valence-electron chi connectivity index (χ4n) is 2.46. The molecule has 22 heavy (non-hydrogen) atoms. The smallest absolute Gasteiger partial charge is 0.281 e. The summed E-state index contributed by atoms with van der Waals surface area (Å²) < 4.78 is 13.3. The molecule has 0 unspecified atom stereocenters. The number of carbonyl (C=O) groups is 1. The average Bonchev–Trinajstić information content (AvgIpc) is 2.78. The summed E-state index contributed by atoms with van der Waals surface area (Å²) in [6.45, 7) is 0.200. The van der Waals surface area contributed by atoms with Gasteiger partial charge in [0.15, 0.2) is 5.71 Å². The molecule has 0 saturated heterocycles. The molecule has 0 spiro atoms. The van der Waals surface area contributed by atoms with Crippen LogP contribution in [0.3, 0.4) is 0 Å². The predicted molar refractivity (Wildman–Crippen MR) is 77.8 cm³/mol. The van der Waals surface area contributed by atoms with Crippen LogP contribution >= 0.6 is 0 Å². The lowest BCUT2D eigenvalue weighted by Gasteiger charge is -2.17. The van der Waals surface area contributed by atoms with Crippen LogP contribution < -0.4 is 10.4 Å². The van der Waals surface area contributed by atoms with Crippen molar-refractivity contribution in [3.63, 3.8) is 0 Å². The molecule has 3 N–H and O–H groups in total. The molecule has 0 radical (unpaired) electrons. The molecule has 1 amide bonds. The number of hydrogen-bond acceptors (Lipinski definition) is 5. The van der Waals surface area contributed by atoms with Crippen LogP contribution in [0.5, 0.6) is 0 Å². The molecule has 6 nitrogen and oxygen atoms in total. The van der Waals surface area contributed by atoms with Crippen molar-refractivity contribution in [1.29, 1.82) is 0 Å². The minimum absolute atomic E-state index is 0.189. The van der Waals surface area contributed by atoms with E-state index in [4.69, 9.17) is 10.4 Å². The second-order valence-corrected chi connectivity index (χ2v) is 4.81. The van der Waals surface area contributed by atoms with Gasteiger partial charge in [0.05, 0.1) is 17.9 Å². The number of nitrogens with zero attached hydrogens (tertiary/aromatic N) is 2. The number of rotatable bonds is 3. The average molecular weight is 301 g/mol. The van der Waals surface area contributed by atoms with E-state index in [-0.39, 0.29) is 17.8 Å². The van der Waals surface area contributed by atoms with E-state index in [1.807, 2.05) is 5.48 Å². The van der Waals surface area contributed by atoms with Crippen LogP contribution in [0, 0.1) is 5.82 Å². The molecule has 7 heteroatoms. The summed E-state index contributed by atoms with van der Waals surface area (Å²) in [4.78, 5) is 13.7. The SMILES string of the molecule is O=C1/C(=N\O)c2cc(F)ccc2N1Cc1cccc(NO)c1. The maximum absolute atomic E-state index is 13.3. The van der Waals surface area contributed by atoms with Gasteiger partial charge in [0, 0.05) is 5.56 Å². The monoisotopic (exact) mass is 301 g/mol. The molecule has 0 bridgehead atoms. The van der Waals surface area contributed by atoms with Gasteiger partial charge in [0.2, 0.25) is 0 Å². The Morgan fingerprint density at radius 1 is 1.23 bits per heavy atom. The molecular weight excluding hydrogens is 289 g/mol. The number of fused-ring (bicyclic) bond motifs is 1. The Bertz CT molecular complexity index is 776. The second kappa shape index (κ2) is 5.45. The van der Waals surface area contributed by atoms with Crippen LogP contribution in [0.1, 0.15) is 11.1 Å². The number of nitrogens with one attached hydrogen (secondary N) is 1. The molecule has 1 aliphatic rings. The van der Waals surface area contributed by atoms with Gasteiger partial charge in [-0.15, -0.1) is 0 Å². The highest BCUT2D eigenvalue weighted by Crippen LogP contribution is 2.31. The second-order valence-electron chi connectivity index (χ2n) is 4.81. The first-order chi connectivity index (χ1) is 10.6. The first-order valence-corrected chi connectivity index (χ1v) is 6.47. The topological polar surface area (TPSA) is 85.2 Å². The summed E-state index contributed by atoms with van der Waals surface area (Å²) in [7, 11) is 0. The first kappa shape index (κ1) is 14.0. The Hall–Kier alpha value is -2.93. The molecule has 1 heterocycles. The largest absolute Gasteiger partial charge is 0.410 e.